The van der Waals surface area contributed by atoms with Crippen LogP contribution in [0.15, 0.2) is 82.6 Å². The van der Waals surface area contributed by atoms with Gasteiger partial charge in [0.2, 0.25) is 20.0 Å². The number of sulfonamides is 2. The van der Waals surface area contributed by atoms with E-state index in [-0.39, 0.29) is 106 Å². The maximum Gasteiger partial charge on any atom is 0.314 e. The zero-order valence-corrected chi connectivity index (χ0v) is 45.4. The lowest BCUT2D eigenvalue weighted by Gasteiger charge is -2.31. The van der Waals surface area contributed by atoms with Crippen molar-refractivity contribution in [2.45, 2.75) is 47.6 Å². The molecule has 9 N–H and O–H groups in total. The number of amides is 4. The van der Waals surface area contributed by atoms with Crippen LogP contribution >= 0.6 is 46.4 Å². The molecule has 6 rings (SSSR count). The fraction of sp³-hybridized carbons (Fsp3) is 0.469. The number of urea groups is 2. The summed E-state index contributed by atoms with van der Waals surface area (Å²) in [6.45, 7) is 6.51. The maximum absolute atomic E-state index is 13.1. The molecule has 3 unspecified atom stereocenters. The van der Waals surface area contributed by atoms with E-state index in [1.54, 1.807) is 48.5 Å². The summed E-state index contributed by atoms with van der Waals surface area (Å²) in [6.07, 6.45) is 1.31. The van der Waals surface area contributed by atoms with E-state index in [9.17, 15) is 26.4 Å². The number of halogens is 4. The van der Waals surface area contributed by atoms with E-state index in [4.69, 9.17) is 65.4 Å². The van der Waals surface area contributed by atoms with Crippen LogP contribution in [0.2, 0.25) is 20.1 Å². The first-order chi connectivity index (χ1) is 35.1. The Hall–Kier alpha value is -3.84. The summed E-state index contributed by atoms with van der Waals surface area (Å²) >= 11 is 25.6. The average Bonchev–Trinajstić information content (AvgIpc) is 3.36. The van der Waals surface area contributed by atoms with Gasteiger partial charge >= 0.3 is 12.1 Å². The molecule has 2 aliphatic heterocycles. The Morgan fingerprint density at radius 3 is 1.52 bits per heavy atom. The van der Waals surface area contributed by atoms with Gasteiger partial charge in [-0.15, -0.1) is 0 Å². The number of fused-ring (bicyclic) bond motifs is 2. The third-order valence-electron chi connectivity index (χ3n) is 12.1. The van der Waals surface area contributed by atoms with Gasteiger partial charge in [-0.2, -0.15) is 0 Å². The number of hydrogen-bond acceptors (Lipinski definition) is 10. The molecule has 2 aliphatic rings. The molecule has 0 bridgehead atoms. The van der Waals surface area contributed by atoms with Crippen molar-refractivity contribution in [2.24, 2.45) is 0 Å². The maximum atomic E-state index is 13.1. The molecule has 2 heterocycles. The van der Waals surface area contributed by atoms with Gasteiger partial charge in [-0.3, -0.25) is 0 Å². The Kier molecular flexibility index (Phi) is 23.6. The number of unbranched alkanes of at least 4 members (excludes halogenated alkanes) is 1. The number of nitrogens with one attached hydrogen (secondary N) is 7. The highest BCUT2D eigenvalue weighted by atomic mass is 35.5. The molecule has 0 saturated heterocycles. The summed E-state index contributed by atoms with van der Waals surface area (Å²) in [5, 5.41) is 15.4. The first-order valence-electron chi connectivity index (χ1n) is 24.2. The van der Waals surface area contributed by atoms with Crippen molar-refractivity contribution in [1.82, 2.24) is 30.7 Å². The van der Waals surface area contributed by atoms with E-state index in [1.807, 2.05) is 24.3 Å². The molecular weight excluding hydrogens is 1070 g/mol. The summed E-state index contributed by atoms with van der Waals surface area (Å²) in [5.41, 5.74) is 5.80. The number of ether oxygens (including phenoxy) is 4. The van der Waals surface area contributed by atoms with Gasteiger partial charge in [0, 0.05) is 60.4 Å². The highest BCUT2D eigenvalue weighted by Gasteiger charge is 2.31. The Morgan fingerprint density at radius 1 is 0.575 bits per heavy atom. The minimum atomic E-state index is -3.79. The van der Waals surface area contributed by atoms with Gasteiger partial charge in [0.05, 0.1) is 105 Å². The lowest BCUT2D eigenvalue weighted by atomic mass is 9.85. The Balaban J connectivity index is 0.703. The highest BCUT2D eigenvalue weighted by molar-refractivity contribution is 7.89. The van der Waals surface area contributed by atoms with Crippen molar-refractivity contribution < 1.29 is 55.6 Å². The van der Waals surface area contributed by atoms with Crippen molar-refractivity contribution in [3.8, 4) is 0 Å². The first kappa shape index (κ1) is 58.4. The Bertz CT molecular complexity index is 2690. The normalized spacial score (nSPS) is 16.6. The summed E-state index contributed by atoms with van der Waals surface area (Å²) in [4.78, 5) is 25.8. The van der Waals surface area contributed by atoms with Crippen LogP contribution < -0.4 is 40.9 Å². The van der Waals surface area contributed by atoms with E-state index in [1.165, 1.54) is 4.90 Å². The second-order valence-electron chi connectivity index (χ2n) is 17.5. The topological polar surface area (TPSA) is 233 Å². The van der Waals surface area contributed by atoms with Crippen molar-refractivity contribution in [3.05, 3.63) is 126 Å². The van der Waals surface area contributed by atoms with Gasteiger partial charge in [0.25, 0.3) is 0 Å². The van der Waals surface area contributed by atoms with E-state index in [0.717, 1.165) is 59.6 Å². The third-order valence-corrected chi connectivity index (χ3v) is 16.2. The fourth-order valence-corrected chi connectivity index (χ4v) is 11.9. The number of hydrogen-bond donors (Lipinski definition) is 8. The average molecular weight is 1130 g/mol. The van der Waals surface area contributed by atoms with Gasteiger partial charge < -0.3 is 50.4 Å². The number of likely N-dealkylation sites (N-methyl/N-ethyl adjacent to an activating group) is 1. The second-order valence-corrected chi connectivity index (χ2v) is 22.8. The minimum Gasteiger partial charge on any atom is -0.378 e. The summed E-state index contributed by atoms with van der Waals surface area (Å²) in [7, 11) is -5.48. The molecule has 0 aromatic heterocycles. The molecule has 73 heavy (non-hydrogen) atoms. The van der Waals surface area contributed by atoms with Gasteiger partial charge in [-0.1, -0.05) is 70.7 Å². The van der Waals surface area contributed by atoms with Gasteiger partial charge in [0.15, 0.2) is 0 Å². The zero-order chi connectivity index (χ0) is 52.2. The second kappa shape index (κ2) is 29.5. The molecule has 400 valence electrons. The molecule has 0 spiro atoms. The van der Waals surface area contributed by atoms with Gasteiger partial charge in [0.1, 0.15) is 13.1 Å². The predicted molar refractivity (Wildman–Crippen MR) is 281 cm³/mol. The van der Waals surface area contributed by atoms with Crippen LogP contribution in [0.3, 0.4) is 0 Å². The third kappa shape index (κ3) is 18.5. The van der Waals surface area contributed by atoms with Crippen LogP contribution in [0.25, 0.3) is 0 Å². The number of carbonyl (C=O) groups is 2. The predicted octanol–water partition coefficient (Wildman–Crippen LogP) is 3.37. The lowest BCUT2D eigenvalue weighted by molar-refractivity contribution is -0.897. The SMILES string of the molecule is C[NH+]1Cc2c(Cl)cc(Cl)cc2C(c2cccc(S(=O)(=O)NCCOCCOCCNC(=O)NCCCCNC(=O)NCCOCCOCCNS(=O)(=O)c3cccc(C4C[NH2+]Cc5c(Cl)cc(Cl)cc54)c3)c2)C1. The van der Waals surface area contributed by atoms with E-state index >= 15 is 0 Å². The molecule has 4 amide bonds. The van der Waals surface area contributed by atoms with Crippen LogP contribution in [0.1, 0.15) is 58.1 Å². The highest BCUT2D eigenvalue weighted by Crippen LogP contribution is 2.37. The smallest absolute Gasteiger partial charge is 0.314 e. The number of benzene rings is 4. The summed E-state index contributed by atoms with van der Waals surface area (Å²) < 4.78 is 79.6. The van der Waals surface area contributed by atoms with Gasteiger partial charge in [-0.25, -0.2) is 35.9 Å². The Morgan fingerprint density at radius 2 is 1.01 bits per heavy atom. The molecule has 0 fully saturated rings. The summed E-state index contributed by atoms with van der Waals surface area (Å²) in [5.74, 6) is -0.111. The zero-order valence-electron chi connectivity index (χ0n) is 40.7. The van der Waals surface area contributed by atoms with Crippen molar-refractivity contribution >= 4 is 78.5 Å². The van der Waals surface area contributed by atoms with Crippen LogP contribution in [0, 0.1) is 0 Å². The molecule has 0 aliphatic carbocycles. The fourth-order valence-electron chi connectivity index (χ4n) is 8.59. The quantitative estimate of drug-likeness (QED) is 0.0370. The molecule has 3 atom stereocenters. The Labute approximate surface area is 448 Å². The molecule has 4 aromatic rings. The van der Waals surface area contributed by atoms with Crippen molar-refractivity contribution in [3.63, 3.8) is 0 Å². The molecule has 18 nitrogen and oxygen atoms in total. The minimum absolute atomic E-state index is 0.0532. The largest absolute Gasteiger partial charge is 0.378 e. The number of nitrogens with two attached hydrogens (primary N) is 1. The first-order valence-corrected chi connectivity index (χ1v) is 28.7. The number of rotatable bonds is 29. The van der Waals surface area contributed by atoms with E-state index in [2.05, 4.69) is 43.1 Å². The molecule has 24 heteroatoms. The number of carbonyl (C=O) groups excluding carboxylic acids is 2. The van der Waals surface area contributed by atoms with Crippen LogP contribution in [0.5, 0.6) is 0 Å². The lowest BCUT2D eigenvalue weighted by Crippen LogP contribution is -3.09. The van der Waals surface area contributed by atoms with Crippen LogP contribution in [-0.2, 0) is 52.1 Å². The van der Waals surface area contributed by atoms with Crippen molar-refractivity contribution in [1.29, 1.82) is 0 Å². The number of quaternary nitrogens is 2. The molecular formula is C49H66Cl4N8O10S2+2. The van der Waals surface area contributed by atoms with Gasteiger partial charge in [-0.05, 0) is 83.6 Å². The van der Waals surface area contributed by atoms with Crippen molar-refractivity contribution in [2.75, 3.05) is 112 Å². The molecule has 0 radical (unpaired) electrons. The molecule has 0 saturated carbocycles. The van der Waals surface area contributed by atoms with E-state index < -0.39 is 20.0 Å². The summed E-state index contributed by atoms with van der Waals surface area (Å²) in [6, 6.07) is 20.5. The van der Waals surface area contributed by atoms with Crippen LogP contribution in [-0.4, -0.2) is 141 Å². The van der Waals surface area contributed by atoms with E-state index in [0.29, 0.717) is 52.6 Å². The van der Waals surface area contributed by atoms with Crippen LogP contribution in [0.4, 0.5) is 9.59 Å². The monoisotopic (exact) mass is 1130 g/mol. The standard InChI is InChI=1S/C49H64Cl4N8O10S2/c1-61-32-44(41-27-37(51)29-47(53)45(41)33-61)35-7-5-9-39(25-35)73(66,67)60-15-19-71-23-21-69-17-13-58-49(63)56-11-3-2-10-55-48(62)57-12-16-68-20-22-70-18-14-59-72(64,65)38-8-4-6-34(24-38)42-30-54-31-43-40(42)26-36(50)28-46(43)52/h4-9,24-29,42,44,54,59-60H,2-3,10-23,30-33H2,1H3,(H2,55,57,62)(H2,56,58,63)/p+2. The molecule has 4 aromatic carbocycles.